The number of anilines is 3. The highest BCUT2D eigenvalue weighted by molar-refractivity contribution is 5.94. The Kier molecular flexibility index (Phi) is 10.8. The predicted molar refractivity (Wildman–Crippen MR) is 192 cm³/mol. The molecule has 4 N–H and O–H groups in total. The molecule has 4 aliphatic heterocycles. The van der Waals surface area contributed by atoms with Crippen molar-refractivity contribution in [3.05, 3.63) is 47.3 Å². The molecule has 12 nitrogen and oxygen atoms in total. The molecule has 1 aliphatic carbocycles. The number of piperidine rings is 3. The van der Waals surface area contributed by atoms with Crippen molar-refractivity contribution in [2.75, 3.05) is 63.1 Å². The third kappa shape index (κ3) is 7.58. The van der Waals surface area contributed by atoms with Crippen molar-refractivity contribution < 1.29 is 36.6 Å². The number of halogens is 5. The second-order valence-electron chi connectivity index (χ2n) is 15.2. The molecule has 2 aromatic heterocycles. The zero-order valence-corrected chi connectivity index (χ0v) is 30.4. The summed E-state index contributed by atoms with van der Waals surface area (Å²) in [5.74, 6) is -4.90. The lowest BCUT2D eigenvalue weighted by Gasteiger charge is -2.52. The molecule has 8 rings (SSSR count). The van der Waals surface area contributed by atoms with Crippen molar-refractivity contribution in [2.24, 2.45) is 5.41 Å². The van der Waals surface area contributed by atoms with Crippen LogP contribution >= 0.6 is 0 Å². The van der Waals surface area contributed by atoms with Gasteiger partial charge in [0.15, 0.2) is 17.2 Å². The highest BCUT2D eigenvalue weighted by Crippen LogP contribution is 2.51. The molecule has 5 aliphatic rings. The van der Waals surface area contributed by atoms with E-state index in [1.54, 1.807) is 10.7 Å². The van der Waals surface area contributed by atoms with Gasteiger partial charge in [-0.3, -0.25) is 9.69 Å². The third-order valence-electron chi connectivity index (χ3n) is 12.1. The number of likely N-dealkylation sites (tertiary alicyclic amines) is 2. The fourth-order valence-corrected chi connectivity index (χ4v) is 8.69. The number of imidazole rings is 1. The first-order valence-corrected chi connectivity index (χ1v) is 18.9. The summed E-state index contributed by atoms with van der Waals surface area (Å²) in [6.45, 7) is 5.42. The van der Waals surface area contributed by atoms with Crippen LogP contribution in [0.3, 0.4) is 0 Å². The van der Waals surface area contributed by atoms with Crippen LogP contribution in [0.1, 0.15) is 73.0 Å². The van der Waals surface area contributed by atoms with E-state index in [-0.39, 0.29) is 18.5 Å². The monoisotopic (exact) mass is 761 g/mol. The van der Waals surface area contributed by atoms with Crippen LogP contribution in [0.15, 0.2) is 30.5 Å². The van der Waals surface area contributed by atoms with E-state index in [9.17, 15) is 18.0 Å². The van der Waals surface area contributed by atoms with Gasteiger partial charge in [-0.2, -0.15) is 13.2 Å². The molecule has 4 fully saturated rings. The fraction of sp³-hybridized carbons (Fsp3) is 0.622. The molecule has 6 heterocycles. The molecule has 3 aromatic rings. The van der Waals surface area contributed by atoms with Gasteiger partial charge in [0, 0.05) is 49.4 Å². The summed E-state index contributed by atoms with van der Waals surface area (Å²) in [5, 5.41) is 21.8. The maximum absolute atomic E-state index is 16.1. The van der Waals surface area contributed by atoms with Crippen molar-refractivity contribution in [1.82, 2.24) is 35.0 Å². The van der Waals surface area contributed by atoms with Gasteiger partial charge in [-0.05, 0) is 108 Å². The number of nitrogens with one attached hydrogen (secondary N) is 3. The minimum Gasteiger partial charge on any atom is -0.475 e. The van der Waals surface area contributed by atoms with Crippen LogP contribution in [-0.4, -0.2) is 118 Å². The number of amides is 1. The summed E-state index contributed by atoms with van der Waals surface area (Å²) in [4.78, 5) is 33.1. The van der Waals surface area contributed by atoms with Crippen molar-refractivity contribution >= 4 is 34.7 Å². The van der Waals surface area contributed by atoms with Gasteiger partial charge in [0.1, 0.15) is 0 Å². The Labute approximate surface area is 310 Å². The van der Waals surface area contributed by atoms with Gasteiger partial charge in [0.2, 0.25) is 0 Å². The summed E-state index contributed by atoms with van der Waals surface area (Å²) < 4.78 is 65.5. The predicted octanol–water partition coefficient (Wildman–Crippen LogP) is 5.06. The van der Waals surface area contributed by atoms with Gasteiger partial charge < -0.3 is 30.9 Å². The van der Waals surface area contributed by atoms with Crippen LogP contribution in [0, 0.1) is 5.41 Å². The number of carbonyl (C=O) groups is 2. The number of rotatable bonds is 7. The number of aliphatic carboxylic acids is 1. The number of aromatic nitrogens is 3. The Morgan fingerprint density at radius 3 is 2.37 bits per heavy atom. The number of alkyl halides is 5. The quantitative estimate of drug-likeness (QED) is 0.243. The van der Waals surface area contributed by atoms with Crippen LogP contribution in [-0.2, 0) is 17.8 Å². The molecular formula is C37H48F5N9O3. The number of carboxylic acids is 1. The van der Waals surface area contributed by atoms with E-state index in [0.29, 0.717) is 49.7 Å². The zero-order valence-electron chi connectivity index (χ0n) is 30.4. The van der Waals surface area contributed by atoms with Gasteiger partial charge >= 0.3 is 12.1 Å². The summed E-state index contributed by atoms with van der Waals surface area (Å²) in [7, 11) is 1.84. The number of fused-ring (bicyclic) bond motifs is 2. The molecule has 3 saturated heterocycles. The molecule has 1 saturated carbocycles. The van der Waals surface area contributed by atoms with E-state index in [1.165, 1.54) is 5.56 Å². The van der Waals surface area contributed by atoms with Crippen molar-refractivity contribution in [3.63, 3.8) is 0 Å². The number of nitrogens with zero attached hydrogens (tertiary/aromatic N) is 6. The number of hydrogen-bond donors (Lipinski definition) is 4. The summed E-state index contributed by atoms with van der Waals surface area (Å²) in [5.41, 5.74) is 4.26. The number of hydrogen-bond acceptors (Lipinski definition) is 9. The maximum Gasteiger partial charge on any atom is 0.490 e. The summed E-state index contributed by atoms with van der Waals surface area (Å²) >= 11 is 0. The first kappa shape index (κ1) is 38.2. The lowest BCUT2D eigenvalue weighted by atomic mass is 9.68. The lowest BCUT2D eigenvalue weighted by Crippen LogP contribution is -2.60. The van der Waals surface area contributed by atoms with Gasteiger partial charge in [-0.15, -0.1) is 5.10 Å². The molecule has 1 spiro atoms. The highest BCUT2D eigenvalue weighted by atomic mass is 19.4. The van der Waals surface area contributed by atoms with E-state index in [0.717, 1.165) is 94.0 Å². The second-order valence-corrected chi connectivity index (χ2v) is 15.2. The van der Waals surface area contributed by atoms with E-state index in [1.807, 2.05) is 24.1 Å². The van der Waals surface area contributed by atoms with Gasteiger partial charge in [-0.1, -0.05) is 12.1 Å². The van der Waals surface area contributed by atoms with E-state index in [4.69, 9.17) is 15.0 Å². The molecule has 0 radical (unpaired) electrons. The largest absolute Gasteiger partial charge is 0.490 e. The maximum atomic E-state index is 16.1. The minimum absolute atomic E-state index is 0.162. The molecule has 17 heteroatoms. The topological polar surface area (TPSA) is 130 Å². The molecule has 0 atom stereocenters. The smallest absolute Gasteiger partial charge is 0.475 e. The van der Waals surface area contributed by atoms with Gasteiger partial charge in [-0.25, -0.2) is 23.1 Å². The van der Waals surface area contributed by atoms with Crippen molar-refractivity contribution in [2.45, 2.75) is 88.5 Å². The first-order chi connectivity index (χ1) is 25.8. The number of carbonyl (C=O) groups excluding carboxylic acids is 1. The Balaban J connectivity index is 0.000000588. The van der Waals surface area contributed by atoms with E-state index in [2.05, 4.69) is 42.9 Å². The fourth-order valence-electron chi connectivity index (χ4n) is 8.69. The molecule has 0 unspecified atom stereocenters. The molecule has 0 bridgehead atoms. The van der Waals surface area contributed by atoms with Crippen LogP contribution in [0.5, 0.6) is 0 Å². The van der Waals surface area contributed by atoms with E-state index < -0.39 is 23.5 Å². The number of carboxylic acid groups (broad SMARTS) is 1. The Bertz CT molecular complexity index is 1840. The average molecular weight is 762 g/mol. The SMILES string of the molecule is CNc1cc(N2CCc3c(CN4CCC5(CCN(C6CCNCC6)CC5)C(F)(F)C4)cccc32)nn2c(C(=O)NC3CCC3)cnc12.O=C(O)C(F)(F)F. The van der Waals surface area contributed by atoms with Crippen LogP contribution in [0.25, 0.3) is 5.65 Å². The molecule has 54 heavy (non-hydrogen) atoms. The molecular weight excluding hydrogens is 713 g/mol. The van der Waals surface area contributed by atoms with E-state index >= 15 is 8.78 Å². The molecule has 1 amide bonds. The third-order valence-corrected chi connectivity index (χ3v) is 12.1. The minimum atomic E-state index is -5.08. The summed E-state index contributed by atoms with van der Waals surface area (Å²) in [6, 6.07) is 8.94. The van der Waals surface area contributed by atoms with Crippen LogP contribution < -0.4 is 20.9 Å². The van der Waals surface area contributed by atoms with Gasteiger partial charge in [0.05, 0.1) is 18.4 Å². The standard InChI is InChI=1S/C35H47F2N9O.C2HF3O2/c1-38-28-20-31(42-46-30(21-40-32(28)46)33(47)41-25-5-3-6-25)45-16-10-27-24(4-2-7-29(27)45)22-43-17-11-34(35(36,37)23-43)12-18-44(19-13-34)26-8-14-39-15-9-26;3-2(4,5)1(6)7/h2,4,7,20-21,25-26,38-39H,3,5-6,8-19,22-23H2,1H3,(H,41,47);(H,6,7). The normalized spacial score (nSPS) is 22.0. The molecule has 294 valence electrons. The van der Waals surface area contributed by atoms with Crippen molar-refractivity contribution in [1.29, 1.82) is 0 Å². The van der Waals surface area contributed by atoms with Gasteiger partial charge in [0.25, 0.3) is 11.8 Å². The average Bonchev–Trinajstić information content (AvgIpc) is 3.77. The number of benzene rings is 1. The zero-order chi connectivity index (χ0) is 38.3. The Morgan fingerprint density at radius 2 is 1.74 bits per heavy atom. The van der Waals surface area contributed by atoms with Crippen LogP contribution in [0.2, 0.25) is 0 Å². The van der Waals surface area contributed by atoms with Crippen molar-refractivity contribution in [3.8, 4) is 0 Å². The van der Waals surface area contributed by atoms with Crippen LogP contribution in [0.4, 0.5) is 39.1 Å². The highest BCUT2D eigenvalue weighted by Gasteiger charge is 2.57. The Hall–Kier alpha value is -4.09. The second kappa shape index (κ2) is 15.2. The lowest BCUT2D eigenvalue weighted by molar-refractivity contribution is -0.192. The Morgan fingerprint density at radius 1 is 1.04 bits per heavy atom. The molecule has 1 aromatic carbocycles. The summed E-state index contributed by atoms with van der Waals surface area (Å²) in [6.07, 6.45) is 4.46. The first-order valence-electron chi connectivity index (χ1n) is 18.9.